The van der Waals surface area contributed by atoms with E-state index < -0.39 is 11.0 Å². The highest BCUT2D eigenvalue weighted by Gasteiger charge is 2.16. The van der Waals surface area contributed by atoms with Crippen LogP contribution in [0.5, 0.6) is 0 Å². The van der Waals surface area contributed by atoms with E-state index in [9.17, 15) is 20.0 Å². The van der Waals surface area contributed by atoms with Crippen molar-refractivity contribution in [2.75, 3.05) is 0 Å². The van der Waals surface area contributed by atoms with E-state index >= 15 is 0 Å². The Bertz CT molecular complexity index is 372. The minimum Gasteiger partial charge on any atom is -0.381 e. The SMILES string of the molecule is CCC(=O)[C@@H](O)c1ccc([N+](=O)[O-])cc1. The van der Waals surface area contributed by atoms with Crippen LogP contribution in [0.25, 0.3) is 0 Å². The first kappa shape index (κ1) is 11.3. The second-order valence-electron chi connectivity index (χ2n) is 3.07. The average molecular weight is 209 g/mol. The second kappa shape index (κ2) is 4.65. The number of non-ortho nitro benzene ring substituents is 1. The molecule has 0 radical (unpaired) electrons. The molecule has 0 bridgehead atoms. The molecule has 0 saturated carbocycles. The number of ketones is 1. The number of aliphatic hydroxyl groups is 1. The third-order valence-corrected chi connectivity index (χ3v) is 2.07. The molecule has 1 N–H and O–H groups in total. The van der Waals surface area contributed by atoms with Crippen LogP contribution in [-0.2, 0) is 4.79 Å². The number of benzene rings is 1. The highest BCUT2D eigenvalue weighted by molar-refractivity contribution is 5.83. The van der Waals surface area contributed by atoms with Gasteiger partial charge in [-0.05, 0) is 17.7 Å². The number of carbonyl (C=O) groups is 1. The molecule has 0 unspecified atom stereocenters. The van der Waals surface area contributed by atoms with Gasteiger partial charge in [-0.2, -0.15) is 0 Å². The van der Waals surface area contributed by atoms with E-state index in [-0.39, 0.29) is 17.9 Å². The van der Waals surface area contributed by atoms with Gasteiger partial charge in [0, 0.05) is 18.6 Å². The minimum atomic E-state index is -1.18. The summed E-state index contributed by atoms with van der Waals surface area (Å²) in [6.07, 6.45) is -0.950. The van der Waals surface area contributed by atoms with Crippen molar-refractivity contribution in [3.63, 3.8) is 0 Å². The molecule has 0 aliphatic rings. The van der Waals surface area contributed by atoms with E-state index in [1.807, 2.05) is 0 Å². The molecule has 1 rings (SSSR count). The van der Waals surface area contributed by atoms with Crippen molar-refractivity contribution < 1.29 is 14.8 Å². The molecule has 0 aliphatic heterocycles. The van der Waals surface area contributed by atoms with E-state index in [1.54, 1.807) is 6.92 Å². The van der Waals surface area contributed by atoms with Gasteiger partial charge in [-0.15, -0.1) is 0 Å². The van der Waals surface area contributed by atoms with Gasteiger partial charge in [0.1, 0.15) is 6.10 Å². The van der Waals surface area contributed by atoms with E-state index in [2.05, 4.69) is 0 Å². The van der Waals surface area contributed by atoms with Gasteiger partial charge in [0.15, 0.2) is 5.78 Å². The molecular formula is C10H11NO4. The number of hydrogen-bond acceptors (Lipinski definition) is 4. The highest BCUT2D eigenvalue weighted by Crippen LogP contribution is 2.19. The highest BCUT2D eigenvalue weighted by atomic mass is 16.6. The molecule has 0 amide bonds. The quantitative estimate of drug-likeness (QED) is 0.603. The second-order valence-corrected chi connectivity index (χ2v) is 3.07. The summed E-state index contributed by atoms with van der Waals surface area (Å²) < 4.78 is 0. The summed E-state index contributed by atoms with van der Waals surface area (Å²) in [4.78, 5) is 21.0. The van der Waals surface area contributed by atoms with Crippen LogP contribution in [0.2, 0.25) is 0 Å². The number of nitro benzene ring substituents is 1. The summed E-state index contributed by atoms with van der Waals surface area (Å²) in [5.41, 5.74) is 0.322. The molecular weight excluding hydrogens is 198 g/mol. The summed E-state index contributed by atoms with van der Waals surface area (Å²) in [5, 5.41) is 19.8. The van der Waals surface area contributed by atoms with Gasteiger partial charge in [0.25, 0.3) is 5.69 Å². The van der Waals surface area contributed by atoms with Crippen LogP contribution in [0.3, 0.4) is 0 Å². The fraction of sp³-hybridized carbons (Fsp3) is 0.300. The molecule has 5 nitrogen and oxygen atoms in total. The van der Waals surface area contributed by atoms with Crippen LogP contribution in [0.15, 0.2) is 24.3 Å². The van der Waals surface area contributed by atoms with Crippen LogP contribution in [0, 0.1) is 10.1 Å². The predicted molar refractivity (Wildman–Crippen MR) is 53.4 cm³/mol. The zero-order valence-electron chi connectivity index (χ0n) is 8.21. The van der Waals surface area contributed by atoms with Crippen LogP contribution >= 0.6 is 0 Å². The number of Topliss-reactive ketones (excluding diaryl/α,β-unsaturated/α-hetero) is 1. The lowest BCUT2D eigenvalue weighted by Gasteiger charge is -2.07. The maximum Gasteiger partial charge on any atom is 0.269 e. The zero-order chi connectivity index (χ0) is 11.4. The summed E-state index contributed by atoms with van der Waals surface area (Å²) in [7, 11) is 0. The van der Waals surface area contributed by atoms with Crippen LogP contribution in [-0.4, -0.2) is 15.8 Å². The molecule has 0 spiro atoms. The molecule has 1 aromatic carbocycles. The van der Waals surface area contributed by atoms with Crippen molar-refractivity contribution in [1.29, 1.82) is 0 Å². The van der Waals surface area contributed by atoms with Crippen molar-refractivity contribution in [1.82, 2.24) is 0 Å². The van der Waals surface area contributed by atoms with E-state index in [4.69, 9.17) is 0 Å². The Morgan fingerprint density at radius 2 is 2.00 bits per heavy atom. The molecule has 80 valence electrons. The smallest absolute Gasteiger partial charge is 0.269 e. The van der Waals surface area contributed by atoms with Crippen molar-refractivity contribution in [3.05, 3.63) is 39.9 Å². The Morgan fingerprint density at radius 3 is 2.40 bits per heavy atom. The molecule has 0 aromatic heterocycles. The van der Waals surface area contributed by atoms with E-state index in [0.717, 1.165) is 0 Å². The molecule has 0 heterocycles. The fourth-order valence-electron chi connectivity index (χ4n) is 1.16. The van der Waals surface area contributed by atoms with Gasteiger partial charge < -0.3 is 5.11 Å². The van der Waals surface area contributed by atoms with E-state index in [1.165, 1.54) is 24.3 Å². The van der Waals surface area contributed by atoms with Gasteiger partial charge in [0.2, 0.25) is 0 Å². The minimum absolute atomic E-state index is 0.0603. The number of aliphatic hydroxyl groups excluding tert-OH is 1. The molecule has 0 saturated heterocycles. The fourth-order valence-corrected chi connectivity index (χ4v) is 1.16. The maximum atomic E-state index is 11.1. The monoisotopic (exact) mass is 209 g/mol. The third-order valence-electron chi connectivity index (χ3n) is 2.07. The molecule has 1 atom stereocenters. The lowest BCUT2D eigenvalue weighted by Crippen LogP contribution is -2.10. The number of rotatable bonds is 4. The molecule has 5 heteroatoms. The van der Waals surface area contributed by atoms with E-state index in [0.29, 0.717) is 5.56 Å². The molecule has 15 heavy (non-hydrogen) atoms. The Labute approximate surface area is 86.5 Å². The molecule has 0 aliphatic carbocycles. The first-order chi connectivity index (χ1) is 7.06. The number of nitro groups is 1. The summed E-state index contributed by atoms with van der Waals surface area (Å²) in [6, 6.07) is 5.30. The Kier molecular flexibility index (Phi) is 3.51. The van der Waals surface area contributed by atoms with Gasteiger partial charge in [0.05, 0.1) is 4.92 Å². The summed E-state index contributed by atoms with van der Waals surface area (Å²) >= 11 is 0. The summed E-state index contributed by atoms with van der Waals surface area (Å²) in [5.74, 6) is -0.302. The number of nitrogens with zero attached hydrogens (tertiary/aromatic N) is 1. The van der Waals surface area contributed by atoms with Crippen molar-refractivity contribution in [2.45, 2.75) is 19.4 Å². The van der Waals surface area contributed by atoms with Gasteiger partial charge >= 0.3 is 0 Å². The average Bonchev–Trinajstić information content (AvgIpc) is 2.27. The topological polar surface area (TPSA) is 80.4 Å². The lowest BCUT2D eigenvalue weighted by atomic mass is 10.0. The van der Waals surface area contributed by atoms with Crippen LogP contribution < -0.4 is 0 Å². The number of hydrogen-bond donors (Lipinski definition) is 1. The Hall–Kier alpha value is -1.75. The predicted octanol–water partition coefficient (Wildman–Crippen LogP) is 1.61. The molecule has 1 aromatic rings. The third kappa shape index (κ3) is 2.60. The van der Waals surface area contributed by atoms with Crippen molar-refractivity contribution in [3.8, 4) is 0 Å². The summed E-state index contributed by atoms with van der Waals surface area (Å²) in [6.45, 7) is 1.65. The largest absolute Gasteiger partial charge is 0.381 e. The number of carbonyl (C=O) groups excluding carboxylic acids is 1. The zero-order valence-corrected chi connectivity index (χ0v) is 8.21. The van der Waals surface area contributed by atoms with Crippen molar-refractivity contribution in [2.24, 2.45) is 0 Å². The van der Waals surface area contributed by atoms with Crippen LogP contribution in [0.1, 0.15) is 25.0 Å². The van der Waals surface area contributed by atoms with Crippen LogP contribution in [0.4, 0.5) is 5.69 Å². The first-order valence-electron chi connectivity index (χ1n) is 4.51. The molecule has 0 fully saturated rings. The first-order valence-corrected chi connectivity index (χ1v) is 4.51. The Morgan fingerprint density at radius 1 is 1.47 bits per heavy atom. The van der Waals surface area contributed by atoms with Gasteiger partial charge in [-0.3, -0.25) is 14.9 Å². The lowest BCUT2D eigenvalue weighted by molar-refractivity contribution is -0.384. The van der Waals surface area contributed by atoms with Gasteiger partial charge in [-0.25, -0.2) is 0 Å². The Balaban J connectivity index is 2.89. The standard InChI is InChI=1S/C10H11NO4/c1-2-9(12)10(13)7-3-5-8(6-4-7)11(14)15/h3-6,10,13H,2H2,1H3/t10-/m0/s1. The normalized spacial score (nSPS) is 12.1. The van der Waals surface area contributed by atoms with Gasteiger partial charge in [-0.1, -0.05) is 6.92 Å². The van der Waals surface area contributed by atoms with Crippen molar-refractivity contribution >= 4 is 11.5 Å². The maximum absolute atomic E-state index is 11.1.